The minimum Gasteiger partial charge on any atom is -0.312 e. The van der Waals surface area contributed by atoms with Gasteiger partial charge in [0, 0.05) is 45.1 Å². The number of anilines is 6. The molecule has 0 atom stereocenters. The average molecular weight is 608 g/mol. The summed E-state index contributed by atoms with van der Waals surface area (Å²) < 4.78 is 0. The Morgan fingerprint density at radius 3 is 1.50 bits per heavy atom. The third-order valence-electron chi connectivity index (χ3n) is 10.9. The molecule has 7 aromatic carbocycles. The third-order valence-corrected chi connectivity index (χ3v) is 10.9. The summed E-state index contributed by atoms with van der Waals surface area (Å²) in [6.45, 7) is -0.0166. The normalized spacial score (nSPS) is 14.1. The van der Waals surface area contributed by atoms with Crippen molar-refractivity contribution in [2.45, 2.75) is 0 Å². The molecule has 11 rings (SSSR count). The van der Waals surface area contributed by atoms with Crippen molar-refractivity contribution in [2.75, 3.05) is 9.80 Å². The molecule has 0 N–H and O–H groups in total. The molecule has 0 aliphatic carbocycles. The molecule has 0 bridgehead atoms. The van der Waals surface area contributed by atoms with Crippen LogP contribution in [0.3, 0.4) is 0 Å². The Labute approximate surface area is 279 Å². The molecule has 0 radical (unpaired) electrons. The van der Waals surface area contributed by atoms with Crippen LogP contribution in [0.5, 0.6) is 0 Å². The first-order valence-corrected chi connectivity index (χ1v) is 16.7. The summed E-state index contributed by atoms with van der Waals surface area (Å²) >= 11 is 0. The summed E-state index contributed by atoms with van der Waals surface area (Å²) in [7, 11) is 0. The number of nitrogens with zero attached hydrogens (tertiary/aromatic N) is 2. The first-order chi connectivity index (χ1) is 23.8. The van der Waals surface area contributed by atoms with Gasteiger partial charge in [-0.25, -0.2) is 0 Å². The number of para-hydroxylation sites is 4. The number of rotatable bonds is 2. The highest BCUT2D eigenvalue weighted by atomic mass is 16.1. The lowest BCUT2D eigenvalue weighted by Gasteiger charge is -2.49. The van der Waals surface area contributed by atoms with Gasteiger partial charge >= 0.3 is 0 Å². The number of fused-ring (bicyclic) bond motifs is 10. The number of carbonyl (C=O) groups is 1. The molecule has 4 heterocycles. The fourth-order valence-corrected chi connectivity index (χ4v) is 9.03. The van der Waals surface area contributed by atoms with Gasteiger partial charge in [-0.3, -0.25) is 4.79 Å². The smallest absolute Gasteiger partial charge is 0.252 e. The van der Waals surface area contributed by atoms with Crippen molar-refractivity contribution in [3.63, 3.8) is 0 Å². The molecule has 0 unspecified atom stereocenters. The van der Waals surface area contributed by atoms with Crippen molar-refractivity contribution in [3.05, 3.63) is 169 Å². The van der Waals surface area contributed by atoms with Gasteiger partial charge in [-0.1, -0.05) is 133 Å². The highest BCUT2D eigenvalue weighted by Crippen LogP contribution is 2.47. The minimum absolute atomic E-state index is 0.0160. The topological polar surface area (TPSA) is 23.6 Å². The molecule has 7 aromatic rings. The maximum atomic E-state index is 14.7. The number of hydrogen-bond donors (Lipinski definition) is 0. The van der Waals surface area contributed by atoms with Crippen molar-refractivity contribution in [1.82, 2.24) is 0 Å². The van der Waals surface area contributed by atoms with E-state index in [1.165, 1.54) is 33.2 Å². The van der Waals surface area contributed by atoms with Crippen LogP contribution in [0.2, 0.25) is 0 Å². The number of carbonyl (C=O) groups excluding carboxylic acids is 1. The van der Waals surface area contributed by atoms with Gasteiger partial charge in [0.2, 0.25) is 6.71 Å². The fourth-order valence-electron chi connectivity index (χ4n) is 9.03. The summed E-state index contributed by atoms with van der Waals surface area (Å²) in [5.41, 5.74) is 18.0. The first-order valence-electron chi connectivity index (χ1n) is 16.7. The summed E-state index contributed by atoms with van der Waals surface area (Å²) in [6, 6.07) is 56.3. The van der Waals surface area contributed by atoms with E-state index in [2.05, 4.69) is 155 Å². The summed E-state index contributed by atoms with van der Waals surface area (Å²) in [4.78, 5) is 19.6. The zero-order chi connectivity index (χ0) is 31.5. The van der Waals surface area contributed by atoms with Gasteiger partial charge in [-0.2, -0.15) is 0 Å². The van der Waals surface area contributed by atoms with Crippen LogP contribution in [0, 0.1) is 0 Å². The molecule has 4 aliphatic heterocycles. The number of benzene rings is 7. The molecule has 220 valence electrons. The van der Waals surface area contributed by atoms with Gasteiger partial charge in [0.05, 0.1) is 5.69 Å². The Kier molecular flexibility index (Phi) is 5.15. The first kappa shape index (κ1) is 26.1. The van der Waals surface area contributed by atoms with E-state index in [0.717, 1.165) is 55.9 Å². The van der Waals surface area contributed by atoms with Crippen molar-refractivity contribution in [1.29, 1.82) is 0 Å². The van der Waals surface area contributed by atoms with Crippen LogP contribution >= 0.6 is 0 Å². The second-order valence-electron chi connectivity index (χ2n) is 13.1. The quantitative estimate of drug-likeness (QED) is 0.232. The van der Waals surface area contributed by atoms with Gasteiger partial charge in [-0.15, -0.1) is 0 Å². The maximum absolute atomic E-state index is 14.7. The zero-order valence-corrected chi connectivity index (χ0v) is 26.0. The Bertz CT molecular complexity index is 2520. The van der Waals surface area contributed by atoms with E-state index in [1.54, 1.807) is 0 Å². The van der Waals surface area contributed by atoms with Crippen LogP contribution in [-0.2, 0) is 0 Å². The van der Waals surface area contributed by atoms with Gasteiger partial charge in [0.25, 0.3) is 6.71 Å². The Balaban J connectivity index is 1.31. The zero-order valence-electron chi connectivity index (χ0n) is 26.0. The molecular weight excluding hydrogens is 582 g/mol. The van der Waals surface area contributed by atoms with Crippen molar-refractivity contribution >= 4 is 86.1 Å². The summed E-state index contributed by atoms with van der Waals surface area (Å²) in [5, 5.41) is 0. The molecule has 0 fully saturated rings. The Morgan fingerprint density at radius 1 is 0.375 bits per heavy atom. The number of ketones is 1. The van der Waals surface area contributed by atoms with Gasteiger partial charge in [-0.05, 0) is 63.2 Å². The van der Waals surface area contributed by atoms with Gasteiger partial charge in [0.15, 0.2) is 5.78 Å². The summed E-state index contributed by atoms with van der Waals surface area (Å²) in [5.74, 6) is 0.0980. The van der Waals surface area contributed by atoms with Crippen molar-refractivity contribution in [3.8, 4) is 11.1 Å². The lowest BCUT2D eigenvalue weighted by atomic mass is 9.28. The molecular formula is C43H26B2N2O. The molecule has 5 heteroatoms. The van der Waals surface area contributed by atoms with Crippen LogP contribution in [0.15, 0.2) is 158 Å². The van der Waals surface area contributed by atoms with Crippen LogP contribution in [0.25, 0.3) is 11.1 Å². The molecule has 0 aromatic heterocycles. The van der Waals surface area contributed by atoms with Crippen LogP contribution in [-0.4, -0.2) is 19.2 Å². The highest BCUT2D eigenvalue weighted by Gasteiger charge is 2.51. The van der Waals surface area contributed by atoms with Crippen LogP contribution in [0.1, 0.15) is 15.9 Å². The Hall–Kier alpha value is -6.06. The minimum atomic E-state index is -0.0326. The summed E-state index contributed by atoms with van der Waals surface area (Å²) in [6.07, 6.45) is 0. The largest absolute Gasteiger partial charge is 0.312 e. The van der Waals surface area contributed by atoms with E-state index in [0.29, 0.717) is 0 Å². The van der Waals surface area contributed by atoms with Gasteiger partial charge in [0.1, 0.15) is 0 Å². The average Bonchev–Trinajstić information content (AvgIpc) is 3.16. The molecule has 0 saturated carbocycles. The maximum Gasteiger partial charge on any atom is 0.252 e. The van der Waals surface area contributed by atoms with E-state index < -0.39 is 0 Å². The third kappa shape index (κ3) is 3.23. The standard InChI is InChI=1S/C43H26B2N2O/c48-43-29-17-4-6-18-31(29)44-33-20-8-12-24-37(33)47-38-25-13-9-21-34(38)45-32-19-7-11-23-36(32)46(39-26-30(43)40(44)42(47)41(39)45)35-22-10-5-16-28(35)27-14-2-1-3-15-27/h1-26H. The second-order valence-corrected chi connectivity index (χ2v) is 13.1. The fraction of sp³-hybridized carbons (Fsp3) is 0. The SMILES string of the molecule is O=C1c2ccccc2B2c3ccccc3N3c4ccccc4B4c5ccccc5N(c5ccccc5-c5ccccc5)c5cc1c2c3c54. The molecule has 3 nitrogen and oxygen atoms in total. The van der Waals surface area contributed by atoms with E-state index in [-0.39, 0.29) is 19.2 Å². The predicted molar refractivity (Wildman–Crippen MR) is 200 cm³/mol. The van der Waals surface area contributed by atoms with E-state index in [1.807, 2.05) is 12.1 Å². The lowest BCUT2D eigenvalue weighted by molar-refractivity contribution is 0.104. The highest BCUT2D eigenvalue weighted by molar-refractivity contribution is 7.04. The van der Waals surface area contributed by atoms with Crippen LogP contribution < -0.4 is 42.6 Å². The van der Waals surface area contributed by atoms with E-state index >= 15 is 0 Å². The number of hydrogen-bond acceptors (Lipinski definition) is 3. The van der Waals surface area contributed by atoms with Crippen molar-refractivity contribution < 1.29 is 4.79 Å². The lowest BCUT2D eigenvalue weighted by Crippen LogP contribution is -2.69. The second kappa shape index (κ2) is 9.49. The Morgan fingerprint density at radius 2 is 0.854 bits per heavy atom. The van der Waals surface area contributed by atoms with Crippen LogP contribution in [0.4, 0.5) is 34.1 Å². The molecule has 48 heavy (non-hydrogen) atoms. The van der Waals surface area contributed by atoms with Crippen molar-refractivity contribution in [2.24, 2.45) is 0 Å². The molecule has 4 aliphatic rings. The van der Waals surface area contributed by atoms with E-state index in [9.17, 15) is 4.79 Å². The predicted octanol–water partition coefficient (Wildman–Crippen LogP) is 5.81. The molecule has 0 saturated heterocycles. The molecule has 0 spiro atoms. The monoisotopic (exact) mass is 608 g/mol. The van der Waals surface area contributed by atoms with Gasteiger partial charge < -0.3 is 9.80 Å². The molecule has 0 amide bonds. The van der Waals surface area contributed by atoms with E-state index in [4.69, 9.17) is 0 Å².